The van der Waals surface area contributed by atoms with Gasteiger partial charge in [0.05, 0.1) is 19.8 Å². The number of anilines is 1. The quantitative estimate of drug-likeness (QED) is 0.558. The van der Waals surface area contributed by atoms with Gasteiger partial charge in [0, 0.05) is 35.3 Å². The van der Waals surface area contributed by atoms with Crippen molar-refractivity contribution in [1.29, 1.82) is 0 Å². The molecule has 0 spiro atoms. The second-order valence-corrected chi connectivity index (χ2v) is 11.7. The van der Waals surface area contributed by atoms with Crippen LogP contribution in [0.5, 0.6) is 0 Å². The molecule has 6 rings (SSSR count). The van der Waals surface area contributed by atoms with Crippen molar-refractivity contribution in [2.75, 3.05) is 26.1 Å². The fourth-order valence-corrected chi connectivity index (χ4v) is 8.81. The average Bonchev–Trinajstić information content (AvgIpc) is 3.51. The van der Waals surface area contributed by atoms with Gasteiger partial charge in [0.1, 0.15) is 12.4 Å². The minimum atomic E-state index is -1.19. The van der Waals surface area contributed by atoms with E-state index >= 15 is 0 Å². The third-order valence-corrected chi connectivity index (χ3v) is 10.1. The van der Waals surface area contributed by atoms with Crippen LogP contribution in [0.4, 0.5) is 10.3 Å². The fraction of sp³-hybridized carbons (Fsp3) is 0.643. The first-order valence-corrected chi connectivity index (χ1v) is 13.0. The number of nitrogens with two attached hydrogens (primary N) is 1. The van der Waals surface area contributed by atoms with E-state index in [0.717, 1.165) is 24.8 Å². The van der Waals surface area contributed by atoms with Crippen LogP contribution in [0.1, 0.15) is 45.3 Å². The Morgan fingerprint density at radius 3 is 2.73 bits per heavy atom. The lowest BCUT2D eigenvalue weighted by molar-refractivity contribution is -0.255. The number of halogens is 1. The topological polar surface area (TPSA) is 126 Å². The molecule has 1 aromatic heterocycles. The smallest absolute Gasteiger partial charge is 0.192 e. The number of hydroxylamine groups is 2. The number of alkyl halides is 1. The molecule has 4 aliphatic carbocycles. The zero-order chi connectivity index (χ0) is 26.8. The zero-order valence-corrected chi connectivity index (χ0v) is 21.7. The van der Waals surface area contributed by atoms with Crippen molar-refractivity contribution in [3.63, 3.8) is 0 Å². The number of aliphatic hydroxyl groups is 2. The van der Waals surface area contributed by atoms with Gasteiger partial charge in [-0.25, -0.2) is 0 Å². The van der Waals surface area contributed by atoms with Crippen LogP contribution in [0.15, 0.2) is 40.4 Å². The van der Waals surface area contributed by atoms with Gasteiger partial charge < -0.3 is 20.4 Å². The number of ketones is 2. The van der Waals surface area contributed by atoms with Crippen molar-refractivity contribution < 1.29 is 33.4 Å². The number of Topliss-reactive ketones (excluding diaryl/α,β-unsaturated/α-hetero) is 1. The molecule has 8 atom stereocenters. The summed E-state index contributed by atoms with van der Waals surface area (Å²) in [6.07, 6.45) is 7.61. The number of aliphatic hydroxyl groups excluding tert-OH is 2. The minimum absolute atomic E-state index is 0.0146. The number of carbonyl (C=O) groups is 2. The number of hydrogen-bond acceptors (Lipinski definition) is 8. The summed E-state index contributed by atoms with van der Waals surface area (Å²) < 4.78 is 15.0. The molecular weight excluding hydrogens is 479 g/mol. The number of furan rings is 1. The highest BCUT2D eigenvalue weighted by Crippen LogP contribution is 2.70. The normalized spacial score (nSPS) is 42.2. The van der Waals surface area contributed by atoms with Crippen molar-refractivity contribution >= 4 is 17.5 Å². The van der Waals surface area contributed by atoms with Crippen molar-refractivity contribution in [2.24, 2.45) is 34.5 Å². The molecule has 1 aromatic rings. The van der Waals surface area contributed by atoms with Crippen molar-refractivity contribution in [2.45, 2.75) is 57.8 Å². The molecule has 0 radical (unpaired) electrons. The van der Waals surface area contributed by atoms with Crippen LogP contribution in [-0.4, -0.2) is 58.9 Å². The molecule has 9 heteroatoms. The van der Waals surface area contributed by atoms with E-state index in [1.165, 1.54) is 0 Å². The number of nitrogen functional groups attached to an aromatic ring is 1. The molecule has 1 aliphatic heterocycles. The maximum atomic E-state index is 13.5. The van der Waals surface area contributed by atoms with E-state index in [1.54, 1.807) is 29.3 Å². The van der Waals surface area contributed by atoms with E-state index in [0.29, 0.717) is 38.3 Å². The van der Waals surface area contributed by atoms with Crippen LogP contribution in [0.25, 0.3) is 0 Å². The summed E-state index contributed by atoms with van der Waals surface area (Å²) in [7, 11) is 0.500. The van der Waals surface area contributed by atoms with Gasteiger partial charge >= 0.3 is 0 Å². The van der Waals surface area contributed by atoms with Crippen molar-refractivity contribution in [3.8, 4) is 0 Å². The molecule has 8 nitrogen and oxygen atoms in total. The average molecular weight is 517 g/mol. The van der Waals surface area contributed by atoms with Crippen LogP contribution in [-0.2, 0) is 21.0 Å². The molecule has 0 amide bonds. The van der Waals surface area contributed by atoms with Gasteiger partial charge in [0.15, 0.2) is 23.1 Å². The third kappa shape index (κ3) is 3.61. The molecule has 37 heavy (non-hydrogen) atoms. The van der Waals surface area contributed by atoms with Gasteiger partial charge in [-0.3, -0.25) is 18.8 Å². The van der Waals surface area contributed by atoms with E-state index in [-0.39, 0.29) is 40.7 Å². The molecule has 4 N–H and O–H groups in total. The van der Waals surface area contributed by atoms with Crippen LogP contribution in [0.3, 0.4) is 0 Å². The molecule has 3 saturated carbocycles. The summed E-state index contributed by atoms with van der Waals surface area (Å²) in [6, 6.07) is 3.48. The lowest BCUT2D eigenvalue weighted by Gasteiger charge is -2.59. The van der Waals surface area contributed by atoms with Crippen LogP contribution in [0.2, 0.25) is 0 Å². The highest BCUT2D eigenvalue weighted by atomic mass is 19.1. The number of allylic oxidation sites excluding steroid dienone is 4. The zero-order valence-electron chi connectivity index (χ0n) is 21.7. The van der Waals surface area contributed by atoms with E-state index in [9.17, 15) is 24.2 Å². The summed E-state index contributed by atoms with van der Waals surface area (Å²) in [5.41, 5.74) is 4.65. The predicted octanol–water partition coefficient (Wildman–Crippen LogP) is 3.00. The summed E-state index contributed by atoms with van der Waals surface area (Å²) in [6.45, 7) is 4.52. The highest BCUT2D eigenvalue weighted by Gasteiger charge is 2.75. The largest absolute Gasteiger partial charge is 0.445 e. The Bertz CT molecular complexity index is 1150. The van der Waals surface area contributed by atoms with Crippen LogP contribution < -0.4 is 5.73 Å². The van der Waals surface area contributed by atoms with Gasteiger partial charge in [0.25, 0.3) is 0 Å². The maximum Gasteiger partial charge on any atom is 0.192 e. The number of rotatable bonds is 4. The monoisotopic (exact) mass is 516 g/mol. The highest BCUT2D eigenvalue weighted by molar-refractivity contribution is 6.01. The summed E-state index contributed by atoms with van der Waals surface area (Å²) in [4.78, 5) is 32.1. The SMILES string of the molecule is CC12C=CC(=O)C=C1CCC1C2C(O)CC2(C)C1C[C@H]1CN(Cc3ccc(N)o3)O[C@]12C(=O)CO.CF. The van der Waals surface area contributed by atoms with E-state index < -0.39 is 23.7 Å². The summed E-state index contributed by atoms with van der Waals surface area (Å²) in [5, 5.41) is 23.5. The first-order chi connectivity index (χ1) is 17.6. The number of nitrogens with zero attached hydrogens (tertiary/aromatic N) is 1. The molecule has 1 saturated heterocycles. The Hall–Kier alpha value is -2.33. The van der Waals surface area contributed by atoms with Crippen LogP contribution >= 0.6 is 0 Å². The molecule has 0 aromatic carbocycles. The maximum absolute atomic E-state index is 13.5. The lowest BCUT2D eigenvalue weighted by atomic mass is 9.46. The number of fused-ring (bicyclic) bond motifs is 7. The fourth-order valence-electron chi connectivity index (χ4n) is 8.81. The lowest BCUT2D eigenvalue weighted by Crippen LogP contribution is -2.63. The predicted molar refractivity (Wildman–Crippen MR) is 133 cm³/mol. The number of hydrogen-bond donors (Lipinski definition) is 3. The first kappa shape index (κ1) is 26.3. The second-order valence-electron chi connectivity index (χ2n) is 11.7. The molecule has 6 unspecified atom stereocenters. The standard InChI is InChI=1S/C27H34N2O6.CH3F/c1-25-8-7-17(31)9-15(25)3-5-19-20-10-16-12-29(13-18-4-6-23(28)34-18)35-27(16,22(33)14-30)26(20,2)11-21(32)24(19)25;1-2/h4,6-9,16,19-21,24,30,32H,3,5,10-14,28H2,1-2H3;1H3/t16-,19?,20?,21?,24?,25?,26?,27-;/m0./s1. The van der Waals surface area contributed by atoms with Crippen molar-refractivity contribution in [1.82, 2.24) is 5.06 Å². The van der Waals surface area contributed by atoms with E-state index in [4.69, 9.17) is 15.0 Å². The second kappa shape index (κ2) is 9.15. The minimum Gasteiger partial charge on any atom is -0.445 e. The van der Waals surface area contributed by atoms with Gasteiger partial charge in [-0.05, 0) is 55.7 Å². The molecule has 4 fully saturated rings. The number of carbonyl (C=O) groups excluding carboxylic acids is 2. The van der Waals surface area contributed by atoms with Gasteiger partial charge in [-0.15, -0.1) is 0 Å². The molecule has 2 heterocycles. The van der Waals surface area contributed by atoms with Gasteiger partial charge in [-0.2, -0.15) is 5.06 Å². The third-order valence-electron chi connectivity index (χ3n) is 10.1. The van der Waals surface area contributed by atoms with Gasteiger partial charge in [0.2, 0.25) is 0 Å². The van der Waals surface area contributed by atoms with Crippen molar-refractivity contribution in [3.05, 3.63) is 41.7 Å². The van der Waals surface area contributed by atoms with Crippen LogP contribution in [0, 0.1) is 34.5 Å². The van der Waals surface area contributed by atoms with Gasteiger partial charge in [-0.1, -0.05) is 25.5 Å². The Morgan fingerprint density at radius 1 is 1.30 bits per heavy atom. The molecule has 5 aliphatic rings. The molecule has 0 bridgehead atoms. The Kier molecular flexibility index (Phi) is 6.50. The Morgan fingerprint density at radius 2 is 2.05 bits per heavy atom. The Labute approximate surface area is 216 Å². The first-order valence-electron chi connectivity index (χ1n) is 13.0. The molecular formula is C28H37FN2O6. The summed E-state index contributed by atoms with van der Waals surface area (Å²) >= 11 is 0. The van der Waals surface area contributed by atoms with E-state index in [1.807, 2.05) is 6.08 Å². The Balaban J connectivity index is 0.00000137. The molecule has 202 valence electrons. The van der Waals surface area contributed by atoms with E-state index in [2.05, 4.69) is 13.8 Å². The summed E-state index contributed by atoms with van der Waals surface area (Å²) in [5.74, 6) is 0.924.